The number of aryl methyl sites for hydroxylation is 1. The second-order valence-corrected chi connectivity index (χ2v) is 7.69. The normalized spacial score (nSPS) is 11.5. The van der Waals surface area contributed by atoms with Crippen molar-refractivity contribution in [2.45, 2.75) is 13.8 Å². The third-order valence-corrected chi connectivity index (χ3v) is 5.26. The van der Waals surface area contributed by atoms with E-state index in [4.69, 9.17) is 23.2 Å². The Kier molecular flexibility index (Phi) is 5.58. The van der Waals surface area contributed by atoms with Crippen LogP contribution in [0.1, 0.15) is 22.5 Å². The third-order valence-electron chi connectivity index (χ3n) is 4.20. The molecule has 0 bridgehead atoms. The van der Waals surface area contributed by atoms with Crippen molar-refractivity contribution >= 4 is 50.8 Å². The summed E-state index contributed by atoms with van der Waals surface area (Å²) in [5.41, 5.74) is 5.38. The molecular formula is C21H15BrCl2N2. The molecule has 1 aromatic heterocycles. The van der Waals surface area contributed by atoms with Crippen molar-refractivity contribution in [2.24, 2.45) is 0 Å². The molecule has 26 heavy (non-hydrogen) atoms. The average molecular weight is 446 g/mol. The van der Waals surface area contributed by atoms with Crippen LogP contribution in [0.15, 0.2) is 53.0 Å². The lowest BCUT2D eigenvalue weighted by Gasteiger charge is -2.12. The van der Waals surface area contributed by atoms with Gasteiger partial charge in [-0.3, -0.25) is 0 Å². The largest absolute Gasteiger partial charge is 0.316 e. The topological polar surface area (TPSA) is 28.7 Å². The highest BCUT2D eigenvalue weighted by molar-refractivity contribution is 9.10. The van der Waals surface area contributed by atoms with E-state index in [1.165, 1.54) is 0 Å². The van der Waals surface area contributed by atoms with Crippen molar-refractivity contribution in [1.82, 2.24) is 4.57 Å². The quantitative estimate of drug-likeness (QED) is 0.391. The molecule has 1 heterocycles. The Morgan fingerprint density at radius 1 is 1.08 bits per heavy atom. The van der Waals surface area contributed by atoms with E-state index in [0.29, 0.717) is 15.6 Å². The molecule has 0 aliphatic heterocycles. The number of benzene rings is 2. The van der Waals surface area contributed by atoms with Crippen molar-refractivity contribution in [1.29, 1.82) is 5.26 Å². The first kappa shape index (κ1) is 18.8. The van der Waals surface area contributed by atoms with Crippen LogP contribution in [0.25, 0.3) is 17.3 Å². The predicted molar refractivity (Wildman–Crippen MR) is 113 cm³/mol. The molecule has 0 amide bonds. The monoisotopic (exact) mass is 444 g/mol. The fourth-order valence-corrected chi connectivity index (χ4v) is 3.69. The first-order valence-corrected chi connectivity index (χ1v) is 9.47. The standard InChI is InChI=1S/C21H15BrCl2N2/c1-13-9-16(10-17(12-25)15-3-5-18(22)6-4-15)14(2)26(13)21-8-7-19(23)11-20(21)24/h3-11H,1-2H3/b17-10-. The zero-order valence-corrected chi connectivity index (χ0v) is 17.3. The van der Waals surface area contributed by atoms with Gasteiger partial charge in [-0.25, -0.2) is 0 Å². The van der Waals surface area contributed by atoms with Crippen molar-refractivity contribution in [2.75, 3.05) is 0 Å². The second-order valence-electron chi connectivity index (χ2n) is 5.93. The Morgan fingerprint density at radius 3 is 2.38 bits per heavy atom. The molecule has 0 saturated carbocycles. The molecule has 0 unspecified atom stereocenters. The Bertz CT molecular complexity index is 1040. The fourth-order valence-electron chi connectivity index (χ4n) is 2.93. The van der Waals surface area contributed by atoms with Crippen LogP contribution >= 0.6 is 39.1 Å². The van der Waals surface area contributed by atoms with E-state index in [0.717, 1.165) is 32.7 Å². The van der Waals surface area contributed by atoms with E-state index >= 15 is 0 Å². The molecule has 5 heteroatoms. The number of allylic oxidation sites excluding steroid dienone is 1. The number of nitriles is 1. The van der Waals surface area contributed by atoms with Gasteiger partial charge < -0.3 is 4.57 Å². The number of hydrogen-bond acceptors (Lipinski definition) is 1. The fraction of sp³-hybridized carbons (Fsp3) is 0.0952. The number of halogens is 3. The lowest BCUT2D eigenvalue weighted by Crippen LogP contribution is -2.00. The van der Waals surface area contributed by atoms with Gasteiger partial charge in [0.1, 0.15) is 0 Å². The molecule has 0 fully saturated rings. The van der Waals surface area contributed by atoms with Gasteiger partial charge in [0.05, 0.1) is 22.4 Å². The lowest BCUT2D eigenvalue weighted by molar-refractivity contribution is 0.965. The van der Waals surface area contributed by atoms with Crippen molar-refractivity contribution in [3.8, 4) is 11.8 Å². The number of hydrogen-bond donors (Lipinski definition) is 0. The molecule has 2 aromatic carbocycles. The van der Waals surface area contributed by atoms with E-state index < -0.39 is 0 Å². The molecule has 3 rings (SSSR count). The van der Waals surface area contributed by atoms with E-state index in [9.17, 15) is 5.26 Å². The first-order chi connectivity index (χ1) is 12.4. The summed E-state index contributed by atoms with van der Waals surface area (Å²) in [6.07, 6.45) is 1.91. The molecule has 0 atom stereocenters. The van der Waals surface area contributed by atoms with Gasteiger partial charge in [-0.2, -0.15) is 5.26 Å². The molecule has 0 saturated heterocycles. The second kappa shape index (κ2) is 7.72. The zero-order chi connectivity index (χ0) is 18.8. The molecule has 0 radical (unpaired) electrons. The van der Waals surface area contributed by atoms with Crippen molar-refractivity contribution in [3.05, 3.63) is 85.6 Å². The maximum atomic E-state index is 9.60. The Labute approximate surface area is 171 Å². The van der Waals surface area contributed by atoms with Crippen LogP contribution in [0.2, 0.25) is 10.0 Å². The Morgan fingerprint density at radius 2 is 1.77 bits per heavy atom. The highest BCUT2D eigenvalue weighted by Gasteiger charge is 2.13. The van der Waals surface area contributed by atoms with Crippen LogP contribution in [0.4, 0.5) is 0 Å². The molecule has 2 nitrogen and oxygen atoms in total. The molecule has 0 aliphatic rings. The van der Waals surface area contributed by atoms with E-state index in [1.807, 2.05) is 56.3 Å². The first-order valence-electron chi connectivity index (χ1n) is 7.93. The SMILES string of the molecule is Cc1cc(/C=C(/C#N)c2ccc(Br)cc2)c(C)n1-c1ccc(Cl)cc1Cl. The van der Waals surface area contributed by atoms with Gasteiger partial charge in [0.15, 0.2) is 0 Å². The third kappa shape index (κ3) is 3.73. The van der Waals surface area contributed by atoms with E-state index in [-0.39, 0.29) is 0 Å². The molecule has 0 N–H and O–H groups in total. The summed E-state index contributed by atoms with van der Waals surface area (Å²) >= 11 is 15.8. The average Bonchev–Trinajstić information content (AvgIpc) is 2.88. The number of nitrogens with zero attached hydrogens (tertiary/aromatic N) is 2. The molecule has 0 aliphatic carbocycles. The van der Waals surface area contributed by atoms with Crippen LogP contribution in [0.3, 0.4) is 0 Å². The van der Waals surface area contributed by atoms with E-state index in [2.05, 4.69) is 32.6 Å². The van der Waals surface area contributed by atoms with Crippen LogP contribution in [0.5, 0.6) is 0 Å². The van der Waals surface area contributed by atoms with Crippen molar-refractivity contribution < 1.29 is 0 Å². The van der Waals surface area contributed by atoms with Gasteiger partial charge in [0.25, 0.3) is 0 Å². The molecule has 130 valence electrons. The highest BCUT2D eigenvalue weighted by atomic mass is 79.9. The lowest BCUT2D eigenvalue weighted by atomic mass is 10.0. The molecule has 3 aromatic rings. The number of rotatable bonds is 3. The Balaban J connectivity index is 2.10. The van der Waals surface area contributed by atoms with E-state index in [1.54, 1.807) is 6.07 Å². The van der Waals surface area contributed by atoms with Gasteiger partial charge in [-0.1, -0.05) is 51.3 Å². The van der Waals surface area contributed by atoms with Gasteiger partial charge >= 0.3 is 0 Å². The summed E-state index contributed by atoms with van der Waals surface area (Å²) in [5.74, 6) is 0. The van der Waals surface area contributed by atoms with Crippen molar-refractivity contribution in [3.63, 3.8) is 0 Å². The highest BCUT2D eigenvalue weighted by Crippen LogP contribution is 2.30. The van der Waals surface area contributed by atoms with Gasteiger partial charge in [0.2, 0.25) is 0 Å². The Hall–Kier alpha value is -1.99. The summed E-state index contributed by atoms with van der Waals surface area (Å²) in [7, 11) is 0. The summed E-state index contributed by atoms with van der Waals surface area (Å²) in [4.78, 5) is 0. The molecule has 0 spiro atoms. The van der Waals surface area contributed by atoms with Gasteiger partial charge in [-0.15, -0.1) is 0 Å². The van der Waals surface area contributed by atoms with Crippen LogP contribution < -0.4 is 0 Å². The minimum atomic E-state index is 0.586. The summed E-state index contributed by atoms with van der Waals surface area (Å²) in [6, 6.07) is 17.5. The van der Waals surface area contributed by atoms with Gasteiger partial charge in [0, 0.05) is 20.9 Å². The minimum Gasteiger partial charge on any atom is -0.316 e. The van der Waals surface area contributed by atoms with Crippen LogP contribution in [-0.4, -0.2) is 4.57 Å². The smallest absolute Gasteiger partial charge is 0.0998 e. The summed E-state index contributed by atoms with van der Waals surface area (Å²) < 4.78 is 3.05. The summed E-state index contributed by atoms with van der Waals surface area (Å²) in [6.45, 7) is 4.03. The predicted octanol–water partition coefficient (Wildman–Crippen LogP) is 7.23. The number of aromatic nitrogens is 1. The van der Waals surface area contributed by atoms with Crippen LogP contribution in [0, 0.1) is 25.2 Å². The zero-order valence-electron chi connectivity index (χ0n) is 14.2. The van der Waals surface area contributed by atoms with Crippen LogP contribution in [-0.2, 0) is 0 Å². The maximum Gasteiger partial charge on any atom is 0.0998 e. The van der Waals surface area contributed by atoms with Gasteiger partial charge in [-0.05, 0) is 67.4 Å². The summed E-state index contributed by atoms with van der Waals surface area (Å²) in [5, 5.41) is 10.8. The minimum absolute atomic E-state index is 0.586. The maximum absolute atomic E-state index is 9.60. The molecular weight excluding hydrogens is 431 g/mol.